The molecule has 1 N–H and O–H groups in total. The fourth-order valence-electron chi connectivity index (χ4n) is 1.60. The number of halogens is 1. The van der Waals surface area contributed by atoms with Crippen molar-refractivity contribution in [3.05, 3.63) is 47.2 Å². The Morgan fingerprint density at radius 3 is 2.40 bits per heavy atom. The summed E-state index contributed by atoms with van der Waals surface area (Å²) in [5, 5.41) is 4.86. The van der Waals surface area contributed by atoms with Crippen LogP contribution in [0.25, 0.3) is 0 Å². The van der Waals surface area contributed by atoms with Crippen LogP contribution < -0.4 is 5.32 Å². The number of hydrogen-bond donors (Lipinski definition) is 1. The summed E-state index contributed by atoms with van der Waals surface area (Å²) < 4.78 is 0. The molecule has 0 aliphatic heterocycles. The van der Waals surface area contributed by atoms with Crippen LogP contribution in [0.1, 0.15) is 19.4 Å². The van der Waals surface area contributed by atoms with Gasteiger partial charge in [-0.25, -0.2) is 9.97 Å². The highest BCUT2D eigenvalue weighted by atomic mass is 35.5. The predicted molar refractivity (Wildman–Crippen MR) is 84.2 cm³/mol. The Morgan fingerprint density at radius 1 is 1.15 bits per heavy atom. The van der Waals surface area contributed by atoms with Gasteiger partial charge in [-0.1, -0.05) is 25.4 Å². The maximum absolute atomic E-state index is 5.86. The molecule has 1 aromatic carbocycles. The zero-order chi connectivity index (χ0) is 14.4. The third kappa shape index (κ3) is 5.12. The van der Waals surface area contributed by atoms with Crippen molar-refractivity contribution in [2.24, 2.45) is 5.92 Å². The van der Waals surface area contributed by atoms with Gasteiger partial charge in [-0.3, -0.25) is 0 Å². The standard InChI is InChI=1S/C15H18ClN3S/c1-11(2)7-17-8-12-9-18-15(19-10-12)20-14-5-3-13(16)4-6-14/h3-6,9-11,17H,7-8H2,1-2H3. The summed E-state index contributed by atoms with van der Waals surface area (Å²) in [4.78, 5) is 9.83. The second-order valence-electron chi connectivity index (χ2n) is 4.95. The fourth-order valence-corrected chi connectivity index (χ4v) is 2.42. The van der Waals surface area contributed by atoms with Crippen molar-refractivity contribution in [3.63, 3.8) is 0 Å². The lowest BCUT2D eigenvalue weighted by atomic mass is 10.2. The molecule has 0 atom stereocenters. The first-order valence-electron chi connectivity index (χ1n) is 6.58. The van der Waals surface area contributed by atoms with E-state index >= 15 is 0 Å². The van der Waals surface area contributed by atoms with Gasteiger partial charge in [-0.15, -0.1) is 0 Å². The van der Waals surface area contributed by atoms with Crippen molar-refractivity contribution >= 4 is 23.4 Å². The van der Waals surface area contributed by atoms with E-state index in [1.807, 2.05) is 36.7 Å². The summed E-state index contributed by atoms with van der Waals surface area (Å²) in [7, 11) is 0. The molecule has 0 aliphatic rings. The van der Waals surface area contributed by atoms with Crippen LogP contribution in [0.15, 0.2) is 46.7 Å². The molecule has 0 aliphatic carbocycles. The molecule has 106 valence electrons. The van der Waals surface area contributed by atoms with Crippen molar-refractivity contribution in [3.8, 4) is 0 Å². The SMILES string of the molecule is CC(C)CNCc1cnc(Sc2ccc(Cl)cc2)nc1. The van der Waals surface area contributed by atoms with E-state index in [0.29, 0.717) is 5.92 Å². The molecule has 0 spiro atoms. The zero-order valence-corrected chi connectivity index (χ0v) is 13.2. The van der Waals surface area contributed by atoms with Gasteiger partial charge in [-0.05, 0) is 48.5 Å². The van der Waals surface area contributed by atoms with Crippen LogP contribution in [0.3, 0.4) is 0 Å². The van der Waals surface area contributed by atoms with Crippen LogP contribution >= 0.6 is 23.4 Å². The molecule has 0 unspecified atom stereocenters. The minimum Gasteiger partial charge on any atom is -0.312 e. The third-order valence-corrected chi connectivity index (χ3v) is 3.74. The van der Waals surface area contributed by atoms with Crippen molar-refractivity contribution in [1.82, 2.24) is 15.3 Å². The Morgan fingerprint density at radius 2 is 1.80 bits per heavy atom. The molecule has 2 aromatic rings. The first kappa shape index (κ1) is 15.3. The minimum absolute atomic E-state index is 0.649. The van der Waals surface area contributed by atoms with E-state index in [-0.39, 0.29) is 0 Å². The molecular weight excluding hydrogens is 290 g/mol. The third-order valence-electron chi connectivity index (χ3n) is 2.59. The van der Waals surface area contributed by atoms with Gasteiger partial charge in [0.1, 0.15) is 0 Å². The number of benzene rings is 1. The van der Waals surface area contributed by atoms with Gasteiger partial charge < -0.3 is 5.32 Å². The fraction of sp³-hybridized carbons (Fsp3) is 0.333. The highest BCUT2D eigenvalue weighted by Gasteiger charge is 2.02. The van der Waals surface area contributed by atoms with Crippen LogP contribution in [0.2, 0.25) is 5.02 Å². The van der Waals surface area contributed by atoms with Gasteiger partial charge in [0.05, 0.1) is 0 Å². The van der Waals surface area contributed by atoms with Crippen LogP contribution in [0, 0.1) is 5.92 Å². The lowest BCUT2D eigenvalue weighted by molar-refractivity contribution is 0.550. The lowest BCUT2D eigenvalue weighted by Gasteiger charge is -2.07. The Labute approximate surface area is 129 Å². The van der Waals surface area contributed by atoms with Gasteiger partial charge in [0.2, 0.25) is 0 Å². The summed E-state index contributed by atoms with van der Waals surface area (Å²) in [6.07, 6.45) is 3.75. The van der Waals surface area contributed by atoms with Crippen LogP contribution in [0.5, 0.6) is 0 Å². The van der Waals surface area contributed by atoms with Crippen molar-refractivity contribution in [2.75, 3.05) is 6.54 Å². The van der Waals surface area contributed by atoms with Crippen molar-refractivity contribution in [2.45, 2.75) is 30.4 Å². The van der Waals surface area contributed by atoms with Crippen LogP contribution in [-0.2, 0) is 6.54 Å². The maximum atomic E-state index is 5.86. The van der Waals surface area contributed by atoms with Crippen LogP contribution in [0.4, 0.5) is 0 Å². The van der Waals surface area contributed by atoms with Gasteiger partial charge in [0.25, 0.3) is 0 Å². The second-order valence-corrected chi connectivity index (χ2v) is 6.43. The number of rotatable bonds is 6. The molecule has 1 heterocycles. The number of hydrogen-bond acceptors (Lipinski definition) is 4. The van der Waals surface area contributed by atoms with Gasteiger partial charge in [-0.2, -0.15) is 0 Å². The Balaban J connectivity index is 1.89. The average Bonchev–Trinajstić information content (AvgIpc) is 2.43. The first-order valence-corrected chi connectivity index (χ1v) is 7.78. The van der Waals surface area contributed by atoms with Gasteiger partial charge >= 0.3 is 0 Å². The van der Waals surface area contributed by atoms with E-state index in [0.717, 1.165) is 33.7 Å². The summed E-state index contributed by atoms with van der Waals surface area (Å²) in [5.74, 6) is 0.649. The Hall–Kier alpha value is -1.10. The molecule has 0 amide bonds. The molecule has 0 bridgehead atoms. The molecule has 5 heteroatoms. The molecular formula is C15H18ClN3S. The molecule has 1 aromatic heterocycles. The highest BCUT2D eigenvalue weighted by Crippen LogP contribution is 2.25. The van der Waals surface area contributed by atoms with E-state index < -0.39 is 0 Å². The molecule has 0 radical (unpaired) electrons. The Kier molecular flexibility index (Phi) is 5.83. The van der Waals surface area contributed by atoms with E-state index in [1.165, 1.54) is 11.8 Å². The summed E-state index contributed by atoms with van der Waals surface area (Å²) in [5.41, 5.74) is 1.10. The summed E-state index contributed by atoms with van der Waals surface area (Å²) in [6.45, 7) is 6.19. The average molecular weight is 308 g/mol. The second kappa shape index (κ2) is 7.62. The summed E-state index contributed by atoms with van der Waals surface area (Å²) in [6, 6.07) is 7.67. The van der Waals surface area contributed by atoms with E-state index in [9.17, 15) is 0 Å². The summed E-state index contributed by atoms with van der Waals surface area (Å²) >= 11 is 7.39. The molecule has 2 rings (SSSR count). The normalized spacial score (nSPS) is 11.0. The number of aromatic nitrogens is 2. The molecule has 0 saturated carbocycles. The molecule has 20 heavy (non-hydrogen) atoms. The smallest absolute Gasteiger partial charge is 0.192 e. The monoisotopic (exact) mass is 307 g/mol. The largest absolute Gasteiger partial charge is 0.312 e. The minimum atomic E-state index is 0.649. The van der Waals surface area contributed by atoms with Crippen LogP contribution in [-0.4, -0.2) is 16.5 Å². The topological polar surface area (TPSA) is 37.8 Å². The maximum Gasteiger partial charge on any atom is 0.192 e. The lowest BCUT2D eigenvalue weighted by Crippen LogP contribution is -2.19. The quantitative estimate of drug-likeness (QED) is 0.818. The first-order chi connectivity index (χ1) is 9.63. The number of nitrogens with one attached hydrogen (secondary N) is 1. The van der Waals surface area contributed by atoms with Gasteiger partial charge in [0, 0.05) is 34.4 Å². The number of nitrogens with zero attached hydrogens (tertiary/aromatic N) is 2. The van der Waals surface area contributed by atoms with Gasteiger partial charge in [0.15, 0.2) is 5.16 Å². The zero-order valence-electron chi connectivity index (χ0n) is 11.6. The van der Waals surface area contributed by atoms with E-state index in [4.69, 9.17) is 11.6 Å². The van der Waals surface area contributed by atoms with Crippen molar-refractivity contribution in [1.29, 1.82) is 0 Å². The molecule has 0 saturated heterocycles. The predicted octanol–water partition coefficient (Wildman–Crippen LogP) is 4.03. The van der Waals surface area contributed by atoms with E-state index in [1.54, 1.807) is 0 Å². The molecule has 0 fully saturated rings. The van der Waals surface area contributed by atoms with Crippen molar-refractivity contribution < 1.29 is 0 Å². The molecule has 3 nitrogen and oxygen atoms in total. The van der Waals surface area contributed by atoms with E-state index in [2.05, 4.69) is 29.1 Å². The Bertz CT molecular complexity index is 526. The highest BCUT2D eigenvalue weighted by molar-refractivity contribution is 7.99.